The minimum atomic E-state index is -0.164. The summed E-state index contributed by atoms with van der Waals surface area (Å²) in [6.45, 7) is 9.55. The molecule has 0 aliphatic carbocycles. The second-order valence-electron chi connectivity index (χ2n) is 6.71. The number of rotatable bonds is 5. The van der Waals surface area contributed by atoms with Crippen LogP contribution in [0.15, 0.2) is 24.3 Å². The molecule has 1 aromatic carbocycles. The van der Waals surface area contributed by atoms with Crippen LogP contribution >= 0.6 is 0 Å². The third-order valence-corrected chi connectivity index (χ3v) is 4.30. The zero-order valence-corrected chi connectivity index (χ0v) is 15.0. The lowest BCUT2D eigenvalue weighted by Gasteiger charge is -2.35. The number of carbonyl (C=O) groups excluding carboxylic acids is 2. The van der Waals surface area contributed by atoms with Gasteiger partial charge in [-0.25, -0.2) is 0 Å². The molecular formula is C18H28N4O2. The summed E-state index contributed by atoms with van der Waals surface area (Å²) in [4.78, 5) is 28.8. The fourth-order valence-electron chi connectivity index (χ4n) is 2.67. The van der Waals surface area contributed by atoms with Crippen molar-refractivity contribution >= 4 is 17.5 Å². The highest BCUT2D eigenvalue weighted by Crippen LogP contribution is 2.12. The molecule has 1 aliphatic rings. The SMILES string of the molecule is CC(C)NC(=O)c1ccc(NC(=O)C(C)N2CCN(C)CC2)cc1. The molecule has 1 fully saturated rings. The van der Waals surface area contributed by atoms with E-state index in [-0.39, 0.29) is 23.9 Å². The molecule has 0 radical (unpaired) electrons. The largest absolute Gasteiger partial charge is 0.350 e. The number of likely N-dealkylation sites (N-methyl/N-ethyl adjacent to an activating group) is 1. The van der Waals surface area contributed by atoms with E-state index in [1.807, 2.05) is 20.8 Å². The molecule has 1 aliphatic heterocycles. The van der Waals surface area contributed by atoms with Gasteiger partial charge in [0, 0.05) is 43.5 Å². The fourth-order valence-corrected chi connectivity index (χ4v) is 2.67. The number of carbonyl (C=O) groups is 2. The van der Waals surface area contributed by atoms with Gasteiger partial charge in [0.2, 0.25) is 5.91 Å². The molecule has 1 aromatic rings. The van der Waals surface area contributed by atoms with E-state index in [4.69, 9.17) is 0 Å². The third-order valence-electron chi connectivity index (χ3n) is 4.30. The highest BCUT2D eigenvalue weighted by molar-refractivity contribution is 5.97. The van der Waals surface area contributed by atoms with Gasteiger partial charge < -0.3 is 15.5 Å². The molecular weight excluding hydrogens is 304 g/mol. The van der Waals surface area contributed by atoms with Crippen LogP contribution in [0.1, 0.15) is 31.1 Å². The van der Waals surface area contributed by atoms with Crippen LogP contribution in [0.25, 0.3) is 0 Å². The Hall–Kier alpha value is -1.92. The second kappa shape index (κ2) is 8.26. The molecule has 0 bridgehead atoms. The first-order valence-corrected chi connectivity index (χ1v) is 8.51. The van der Waals surface area contributed by atoms with Gasteiger partial charge in [-0.1, -0.05) is 0 Å². The molecule has 2 rings (SSSR count). The number of amides is 2. The van der Waals surface area contributed by atoms with Gasteiger partial charge in [-0.15, -0.1) is 0 Å². The van der Waals surface area contributed by atoms with Gasteiger partial charge in [-0.05, 0) is 52.1 Å². The van der Waals surface area contributed by atoms with E-state index in [1.165, 1.54) is 0 Å². The van der Waals surface area contributed by atoms with Crippen molar-refractivity contribution < 1.29 is 9.59 Å². The highest BCUT2D eigenvalue weighted by atomic mass is 16.2. The first-order chi connectivity index (χ1) is 11.4. The average Bonchev–Trinajstić information content (AvgIpc) is 2.55. The van der Waals surface area contributed by atoms with Crippen LogP contribution in [-0.4, -0.2) is 66.9 Å². The van der Waals surface area contributed by atoms with Crippen molar-refractivity contribution in [3.8, 4) is 0 Å². The van der Waals surface area contributed by atoms with Crippen LogP contribution < -0.4 is 10.6 Å². The number of hydrogen-bond donors (Lipinski definition) is 2. The maximum Gasteiger partial charge on any atom is 0.251 e. The molecule has 132 valence electrons. The molecule has 0 spiro atoms. The molecule has 1 atom stereocenters. The maximum absolute atomic E-state index is 12.4. The van der Waals surface area contributed by atoms with E-state index in [9.17, 15) is 9.59 Å². The molecule has 2 amide bonds. The first-order valence-electron chi connectivity index (χ1n) is 8.51. The van der Waals surface area contributed by atoms with E-state index in [0.29, 0.717) is 11.3 Å². The molecule has 1 saturated heterocycles. The quantitative estimate of drug-likeness (QED) is 0.855. The Morgan fingerprint density at radius 3 is 2.12 bits per heavy atom. The van der Waals surface area contributed by atoms with Crippen molar-refractivity contribution in [3.05, 3.63) is 29.8 Å². The molecule has 6 heteroatoms. The minimum Gasteiger partial charge on any atom is -0.350 e. The summed E-state index contributed by atoms with van der Waals surface area (Å²) in [5, 5.41) is 5.78. The minimum absolute atomic E-state index is 0.0149. The molecule has 0 saturated carbocycles. The van der Waals surface area contributed by atoms with Crippen LogP contribution in [0, 0.1) is 0 Å². The normalized spacial score (nSPS) is 17.5. The van der Waals surface area contributed by atoms with Crippen molar-refractivity contribution in [2.24, 2.45) is 0 Å². The van der Waals surface area contributed by atoms with E-state index in [1.54, 1.807) is 24.3 Å². The van der Waals surface area contributed by atoms with Gasteiger partial charge in [-0.2, -0.15) is 0 Å². The lowest BCUT2D eigenvalue weighted by molar-refractivity contribution is -0.121. The van der Waals surface area contributed by atoms with Crippen molar-refractivity contribution in [1.29, 1.82) is 0 Å². The Morgan fingerprint density at radius 2 is 1.58 bits per heavy atom. The van der Waals surface area contributed by atoms with E-state index < -0.39 is 0 Å². The average molecular weight is 332 g/mol. The lowest BCUT2D eigenvalue weighted by atomic mass is 10.1. The predicted molar refractivity (Wildman–Crippen MR) is 96.2 cm³/mol. The van der Waals surface area contributed by atoms with Gasteiger partial charge >= 0.3 is 0 Å². The van der Waals surface area contributed by atoms with Crippen LogP contribution in [0.2, 0.25) is 0 Å². The van der Waals surface area contributed by atoms with E-state index in [0.717, 1.165) is 26.2 Å². The highest BCUT2D eigenvalue weighted by Gasteiger charge is 2.24. The molecule has 1 unspecified atom stereocenters. The van der Waals surface area contributed by atoms with Crippen molar-refractivity contribution in [1.82, 2.24) is 15.1 Å². The Labute approximate surface area is 144 Å². The molecule has 2 N–H and O–H groups in total. The van der Waals surface area contributed by atoms with Gasteiger partial charge in [0.1, 0.15) is 0 Å². The topological polar surface area (TPSA) is 64.7 Å². The predicted octanol–water partition coefficient (Wildman–Crippen LogP) is 1.40. The monoisotopic (exact) mass is 332 g/mol. The Morgan fingerprint density at radius 1 is 1.00 bits per heavy atom. The Kier molecular flexibility index (Phi) is 6.34. The zero-order valence-electron chi connectivity index (χ0n) is 15.0. The number of piperazine rings is 1. The van der Waals surface area contributed by atoms with Gasteiger partial charge in [-0.3, -0.25) is 14.5 Å². The number of anilines is 1. The summed E-state index contributed by atoms with van der Waals surface area (Å²) >= 11 is 0. The molecule has 1 heterocycles. The molecule has 24 heavy (non-hydrogen) atoms. The van der Waals surface area contributed by atoms with Gasteiger partial charge in [0.05, 0.1) is 6.04 Å². The van der Waals surface area contributed by atoms with Crippen LogP contribution in [0.3, 0.4) is 0 Å². The lowest BCUT2D eigenvalue weighted by Crippen LogP contribution is -2.51. The van der Waals surface area contributed by atoms with Gasteiger partial charge in [0.25, 0.3) is 5.91 Å². The van der Waals surface area contributed by atoms with E-state index in [2.05, 4.69) is 27.5 Å². The summed E-state index contributed by atoms with van der Waals surface area (Å²) in [6.07, 6.45) is 0. The third kappa shape index (κ3) is 5.04. The summed E-state index contributed by atoms with van der Waals surface area (Å²) in [5.41, 5.74) is 1.30. The van der Waals surface area contributed by atoms with Gasteiger partial charge in [0.15, 0.2) is 0 Å². The first kappa shape index (κ1) is 18.4. The Bertz CT molecular complexity index is 563. The number of hydrogen-bond acceptors (Lipinski definition) is 4. The standard InChI is InChI=1S/C18H28N4O2/c1-13(2)19-18(24)15-5-7-16(8-6-15)20-17(23)14(3)22-11-9-21(4)10-12-22/h5-8,13-14H,9-12H2,1-4H3,(H,19,24)(H,20,23). The van der Waals surface area contributed by atoms with E-state index >= 15 is 0 Å². The smallest absolute Gasteiger partial charge is 0.251 e. The number of nitrogens with zero attached hydrogens (tertiary/aromatic N) is 2. The summed E-state index contributed by atoms with van der Waals surface area (Å²) in [6, 6.07) is 6.93. The zero-order chi connectivity index (χ0) is 17.7. The van der Waals surface area contributed by atoms with Crippen molar-refractivity contribution in [2.75, 3.05) is 38.5 Å². The molecule has 0 aromatic heterocycles. The Balaban J connectivity index is 1.90. The summed E-state index contributed by atoms with van der Waals surface area (Å²) < 4.78 is 0. The van der Waals surface area contributed by atoms with Crippen molar-refractivity contribution in [3.63, 3.8) is 0 Å². The second-order valence-corrected chi connectivity index (χ2v) is 6.71. The molecule has 6 nitrogen and oxygen atoms in total. The number of nitrogens with one attached hydrogen (secondary N) is 2. The van der Waals surface area contributed by atoms with Crippen LogP contribution in [0.4, 0.5) is 5.69 Å². The van der Waals surface area contributed by atoms with Crippen LogP contribution in [-0.2, 0) is 4.79 Å². The van der Waals surface area contributed by atoms with Crippen molar-refractivity contribution in [2.45, 2.75) is 32.9 Å². The maximum atomic E-state index is 12.4. The summed E-state index contributed by atoms with van der Waals surface area (Å²) in [7, 11) is 2.10. The summed E-state index contributed by atoms with van der Waals surface area (Å²) in [5.74, 6) is -0.118. The number of benzene rings is 1. The van der Waals surface area contributed by atoms with Crippen LogP contribution in [0.5, 0.6) is 0 Å². The fraction of sp³-hybridized carbons (Fsp3) is 0.556.